The second-order valence-electron chi connectivity index (χ2n) is 5.10. The molecule has 0 fully saturated rings. The van der Waals surface area contributed by atoms with Crippen LogP contribution in [0.25, 0.3) is 11.0 Å². The molecule has 0 spiro atoms. The number of hydrogen-bond donors (Lipinski definition) is 2. The number of hydrogen-bond acceptors (Lipinski definition) is 4. The lowest BCUT2D eigenvalue weighted by atomic mass is 10.2. The van der Waals surface area contributed by atoms with E-state index in [2.05, 4.69) is 31.2 Å². The van der Waals surface area contributed by atoms with Gasteiger partial charge in [-0.1, -0.05) is 28.1 Å². The molecular formula is C17H18BrN3O2. The number of rotatable bonds is 6. The number of imidazole rings is 1. The molecular weight excluding hydrogens is 358 g/mol. The molecule has 0 aliphatic heterocycles. The van der Waals surface area contributed by atoms with E-state index in [0.717, 1.165) is 32.6 Å². The van der Waals surface area contributed by atoms with Gasteiger partial charge in [-0.3, -0.25) is 0 Å². The predicted octanol–water partition coefficient (Wildman–Crippen LogP) is 3.63. The first kappa shape index (κ1) is 15.8. The van der Waals surface area contributed by atoms with Crippen LogP contribution in [0.15, 0.2) is 40.9 Å². The van der Waals surface area contributed by atoms with Crippen LogP contribution >= 0.6 is 15.9 Å². The van der Waals surface area contributed by atoms with Crippen molar-refractivity contribution in [3.8, 4) is 11.5 Å². The minimum Gasteiger partial charge on any atom is -0.493 e. The second-order valence-corrected chi connectivity index (χ2v) is 5.96. The molecule has 3 rings (SSSR count). The summed E-state index contributed by atoms with van der Waals surface area (Å²) in [6, 6.07) is 11.9. The lowest BCUT2D eigenvalue weighted by molar-refractivity contribution is 0.354. The van der Waals surface area contributed by atoms with Crippen molar-refractivity contribution in [2.45, 2.75) is 13.1 Å². The molecule has 6 heteroatoms. The summed E-state index contributed by atoms with van der Waals surface area (Å²) >= 11 is 3.57. The maximum Gasteiger partial charge on any atom is 0.161 e. The Kier molecular flexibility index (Phi) is 4.83. The van der Waals surface area contributed by atoms with E-state index in [1.165, 1.54) is 0 Å². The molecule has 0 saturated heterocycles. The topological polar surface area (TPSA) is 59.2 Å². The fourth-order valence-corrected chi connectivity index (χ4v) is 2.90. The Morgan fingerprint density at radius 2 is 1.83 bits per heavy atom. The van der Waals surface area contributed by atoms with E-state index in [9.17, 15) is 0 Å². The summed E-state index contributed by atoms with van der Waals surface area (Å²) in [6.07, 6.45) is 0. The molecule has 0 radical (unpaired) electrons. The van der Waals surface area contributed by atoms with Crippen LogP contribution in [0.4, 0.5) is 0 Å². The second kappa shape index (κ2) is 7.02. The minimum atomic E-state index is 0.662. The van der Waals surface area contributed by atoms with Gasteiger partial charge in [-0.05, 0) is 29.8 Å². The first-order valence-electron chi connectivity index (χ1n) is 7.26. The molecule has 5 nitrogen and oxygen atoms in total. The number of halogens is 1. The number of benzene rings is 2. The summed E-state index contributed by atoms with van der Waals surface area (Å²) < 4.78 is 11.6. The van der Waals surface area contributed by atoms with Crippen LogP contribution in [0.2, 0.25) is 0 Å². The van der Waals surface area contributed by atoms with Gasteiger partial charge >= 0.3 is 0 Å². The molecule has 120 valence electrons. The number of fused-ring (bicyclic) bond motifs is 1. The molecule has 0 atom stereocenters. The fourth-order valence-electron chi connectivity index (χ4n) is 2.44. The van der Waals surface area contributed by atoms with Gasteiger partial charge in [-0.2, -0.15) is 0 Å². The average Bonchev–Trinajstić information content (AvgIpc) is 2.98. The zero-order chi connectivity index (χ0) is 16.2. The highest BCUT2D eigenvalue weighted by Gasteiger charge is 2.09. The van der Waals surface area contributed by atoms with Gasteiger partial charge in [0.2, 0.25) is 0 Å². The molecule has 0 bridgehead atoms. The number of nitrogens with zero attached hydrogens (tertiary/aromatic N) is 1. The Morgan fingerprint density at radius 1 is 1.09 bits per heavy atom. The molecule has 0 amide bonds. The Morgan fingerprint density at radius 3 is 2.57 bits per heavy atom. The summed E-state index contributed by atoms with van der Waals surface area (Å²) in [5, 5.41) is 3.39. The van der Waals surface area contributed by atoms with Gasteiger partial charge in [-0.25, -0.2) is 4.98 Å². The molecule has 2 N–H and O–H groups in total. The van der Waals surface area contributed by atoms with Crippen molar-refractivity contribution in [2.24, 2.45) is 0 Å². The molecule has 3 aromatic rings. The van der Waals surface area contributed by atoms with Crippen LogP contribution < -0.4 is 14.8 Å². The molecule has 0 aliphatic carbocycles. The van der Waals surface area contributed by atoms with Crippen molar-refractivity contribution < 1.29 is 9.47 Å². The van der Waals surface area contributed by atoms with E-state index in [0.29, 0.717) is 18.8 Å². The number of H-pyrrole nitrogens is 1. The first-order valence-corrected chi connectivity index (χ1v) is 8.05. The van der Waals surface area contributed by atoms with Crippen LogP contribution in [0.3, 0.4) is 0 Å². The fraction of sp³-hybridized carbons (Fsp3) is 0.235. The van der Waals surface area contributed by atoms with Crippen molar-refractivity contribution in [1.29, 1.82) is 0 Å². The van der Waals surface area contributed by atoms with E-state index >= 15 is 0 Å². The standard InChI is InChI=1S/C17H18BrN3O2/c1-22-15-7-11(12(18)8-16(15)23-2)9-19-10-17-20-13-5-3-4-6-14(13)21-17/h3-8,19H,9-10H2,1-2H3,(H,20,21). The molecule has 23 heavy (non-hydrogen) atoms. The maximum atomic E-state index is 5.34. The summed E-state index contributed by atoms with van der Waals surface area (Å²) in [4.78, 5) is 7.86. The molecule has 0 unspecified atom stereocenters. The van der Waals surface area contributed by atoms with E-state index in [1.54, 1.807) is 14.2 Å². The SMILES string of the molecule is COc1cc(Br)c(CNCc2nc3ccccc3[nH]2)cc1OC. The van der Waals surface area contributed by atoms with E-state index < -0.39 is 0 Å². The first-order chi connectivity index (χ1) is 11.2. The summed E-state index contributed by atoms with van der Waals surface area (Å²) in [6.45, 7) is 1.35. The monoisotopic (exact) mass is 375 g/mol. The quantitative estimate of drug-likeness (QED) is 0.690. The van der Waals surface area contributed by atoms with Crippen molar-refractivity contribution in [1.82, 2.24) is 15.3 Å². The highest BCUT2D eigenvalue weighted by atomic mass is 79.9. The van der Waals surface area contributed by atoms with Gasteiger partial charge in [0, 0.05) is 11.0 Å². The molecule has 1 aromatic heterocycles. The lowest BCUT2D eigenvalue weighted by Gasteiger charge is -2.12. The third kappa shape index (κ3) is 3.48. The molecule has 2 aromatic carbocycles. The zero-order valence-electron chi connectivity index (χ0n) is 13.0. The number of nitrogens with one attached hydrogen (secondary N) is 2. The minimum absolute atomic E-state index is 0.662. The largest absolute Gasteiger partial charge is 0.493 e. The zero-order valence-corrected chi connectivity index (χ0v) is 14.6. The van der Waals surface area contributed by atoms with Crippen LogP contribution in [0.5, 0.6) is 11.5 Å². The third-order valence-corrected chi connectivity index (χ3v) is 4.34. The highest BCUT2D eigenvalue weighted by molar-refractivity contribution is 9.10. The van der Waals surface area contributed by atoms with E-state index in [1.807, 2.05) is 36.4 Å². The van der Waals surface area contributed by atoms with Crippen molar-refractivity contribution >= 4 is 27.0 Å². The van der Waals surface area contributed by atoms with Gasteiger partial charge in [0.1, 0.15) is 5.82 Å². The van der Waals surface area contributed by atoms with Crippen molar-refractivity contribution in [2.75, 3.05) is 14.2 Å². The number of aromatic nitrogens is 2. The third-order valence-electron chi connectivity index (χ3n) is 3.60. The molecule has 1 heterocycles. The summed E-state index contributed by atoms with van der Waals surface area (Å²) in [5.41, 5.74) is 3.13. The van der Waals surface area contributed by atoms with Crippen molar-refractivity contribution in [3.63, 3.8) is 0 Å². The van der Waals surface area contributed by atoms with Crippen LogP contribution in [-0.2, 0) is 13.1 Å². The summed E-state index contributed by atoms with van der Waals surface area (Å²) in [7, 11) is 3.27. The van der Waals surface area contributed by atoms with Gasteiger partial charge in [0.15, 0.2) is 11.5 Å². The Labute approximate surface area is 143 Å². The lowest BCUT2D eigenvalue weighted by Crippen LogP contribution is -2.14. The number of aromatic amines is 1. The molecule has 0 saturated carbocycles. The van der Waals surface area contributed by atoms with Gasteiger partial charge in [0.25, 0.3) is 0 Å². The number of para-hydroxylation sites is 2. The average molecular weight is 376 g/mol. The highest BCUT2D eigenvalue weighted by Crippen LogP contribution is 2.33. The van der Waals surface area contributed by atoms with Crippen molar-refractivity contribution in [3.05, 3.63) is 52.3 Å². The van der Waals surface area contributed by atoms with E-state index in [4.69, 9.17) is 9.47 Å². The smallest absolute Gasteiger partial charge is 0.161 e. The van der Waals surface area contributed by atoms with Crippen LogP contribution in [0.1, 0.15) is 11.4 Å². The van der Waals surface area contributed by atoms with Crippen LogP contribution in [-0.4, -0.2) is 24.2 Å². The molecule has 0 aliphatic rings. The summed E-state index contributed by atoms with van der Waals surface area (Å²) in [5.74, 6) is 2.35. The normalized spacial score (nSPS) is 10.9. The van der Waals surface area contributed by atoms with Crippen LogP contribution in [0, 0.1) is 0 Å². The Balaban J connectivity index is 1.68. The van der Waals surface area contributed by atoms with E-state index in [-0.39, 0.29) is 0 Å². The maximum absolute atomic E-state index is 5.34. The number of ether oxygens (including phenoxy) is 2. The Bertz CT molecular complexity index is 784. The number of methoxy groups -OCH3 is 2. The van der Waals surface area contributed by atoms with Gasteiger partial charge < -0.3 is 19.8 Å². The Hall–Kier alpha value is -2.05. The predicted molar refractivity (Wildman–Crippen MR) is 93.9 cm³/mol. The van der Waals surface area contributed by atoms with Gasteiger partial charge in [0.05, 0.1) is 31.8 Å². The van der Waals surface area contributed by atoms with Gasteiger partial charge in [-0.15, -0.1) is 0 Å².